The maximum Gasteiger partial charge on any atom is 0.314 e. The Morgan fingerprint density at radius 1 is 0.875 bits per heavy atom. The van der Waals surface area contributed by atoms with Crippen molar-refractivity contribution in [2.45, 2.75) is 13.8 Å². The summed E-state index contributed by atoms with van der Waals surface area (Å²) >= 11 is 0. The number of aryl methyl sites for hydroxylation is 1. The van der Waals surface area contributed by atoms with Gasteiger partial charge in [0.2, 0.25) is 5.91 Å². The van der Waals surface area contributed by atoms with E-state index in [9.17, 15) is 19.5 Å². The maximum absolute atomic E-state index is 12.0. The minimum Gasteiger partial charge on any atom is -0.506 e. The third kappa shape index (κ3) is 4.57. The van der Waals surface area contributed by atoms with Crippen molar-refractivity contribution in [1.82, 2.24) is 0 Å². The van der Waals surface area contributed by atoms with Crippen LogP contribution in [0, 0.1) is 6.92 Å². The van der Waals surface area contributed by atoms with Gasteiger partial charge in [-0.1, -0.05) is 12.1 Å². The minimum absolute atomic E-state index is 0.130. The summed E-state index contributed by atoms with van der Waals surface area (Å²) in [5.74, 6) is -2.18. The van der Waals surface area contributed by atoms with Crippen LogP contribution in [0.3, 0.4) is 0 Å². The highest BCUT2D eigenvalue weighted by Crippen LogP contribution is 2.23. The fourth-order valence-electron chi connectivity index (χ4n) is 1.99. The zero-order valence-corrected chi connectivity index (χ0v) is 13.2. The lowest BCUT2D eigenvalue weighted by Gasteiger charge is -2.09. The Morgan fingerprint density at radius 2 is 1.50 bits per heavy atom. The predicted molar refractivity (Wildman–Crippen MR) is 90.8 cm³/mol. The molecule has 0 unspecified atom stereocenters. The highest BCUT2D eigenvalue weighted by atomic mass is 16.3. The number of phenols is 1. The maximum atomic E-state index is 12.0. The monoisotopic (exact) mass is 327 g/mol. The van der Waals surface area contributed by atoms with Crippen LogP contribution >= 0.6 is 0 Å². The lowest BCUT2D eigenvalue weighted by atomic mass is 10.2. The molecule has 0 atom stereocenters. The molecule has 2 rings (SSSR count). The van der Waals surface area contributed by atoms with Crippen molar-refractivity contribution in [3.8, 4) is 5.75 Å². The number of nitrogens with one attached hydrogen (secondary N) is 3. The van der Waals surface area contributed by atoms with Crippen molar-refractivity contribution < 1.29 is 19.5 Å². The van der Waals surface area contributed by atoms with Gasteiger partial charge in [-0.3, -0.25) is 14.4 Å². The van der Waals surface area contributed by atoms with E-state index in [1.54, 1.807) is 37.3 Å². The fraction of sp³-hybridized carbons (Fsp3) is 0.118. The number of aromatic hydroxyl groups is 1. The first kappa shape index (κ1) is 17.0. The van der Waals surface area contributed by atoms with Crippen LogP contribution in [0.2, 0.25) is 0 Å². The summed E-state index contributed by atoms with van der Waals surface area (Å²) in [6.45, 7) is 3.16. The second-order valence-electron chi connectivity index (χ2n) is 5.19. The molecule has 2 aromatic rings. The number of phenolic OH excluding ortho intramolecular Hbond substituents is 1. The van der Waals surface area contributed by atoms with Gasteiger partial charge in [0, 0.05) is 18.3 Å². The first-order valence-corrected chi connectivity index (χ1v) is 7.15. The molecule has 7 heteroatoms. The standard InChI is InChI=1S/C17H17N3O4/c1-10-6-7-15(22)14(8-10)20-17(24)16(23)19-13-5-3-4-12(9-13)18-11(2)21/h3-9,22H,1-2H3,(H,18,21)(H,19,23)(H,20,24). The molecule has 0 aliphatic carbocycles. The van der Waals surface area contributed by atoms with E-state index in [0.29, 0.717) is 11.4 Å². The normalized spacial score (nSPS) is 9.92. The zero-order chi connectivity index (χ0) is 17.7. The topological polar surface area (TPSA) is 108 Å². The largest absolute Gasteiger partial charge is 0.506 e. The van der Waals surface area contributed by atoms with Gasteiger partial charge in [0.25, 0.3) is 0 Å². The molecule has 4 N–H and O–H groups in total. The van der Waals surface area contributed by atoms with E-state index in [1.807, 2.05) is 0 Å². The lowest BCUT2D eigenvalue weighted by Crippen LogP contribution is -2.29. The molecule has 0 aliphatic heterocycles. The molecule has 0 radical (unpaired) electrons. The van der Waals surface area contributed by atoms with Crippen molar-refractivity contribution >= 4 is 34.8 Å². The van der Waals surface area contributed by atoms with Gasteiger partial charge < -0.3 is 21.1 Å². The summed E-state index contributed by atoms with van der Waals surface area (Å²) in [5, 5.41) is 17.0. The molecule has 0 heterocycles. The quantitative estimate of drug-likeness (QED) is 0.512. The molecule has 7 nitrogen and oxygen atoms in total. The SMILES string of the molecule is CC(=O)Nc1cccc(NC(=O)C(=O)Nc2cc(C)ccc2O)c1. The van der Waals surface area contributed by atoms with E-state index in [-0.39, 0.29) is 17.3 Å². The first-order valence-electron chi connectivity index (χ1n) is 7.15. The van der Waals surface area contributed by atoms with Crippen LogP contribution in [-0.4, -0.2) is 22.8 Å². The highest BCUT2D eigenvalue weighted by Gasteiger charge is 2.16. The van der Waals surface area contributed by atoms with E-state index in [0.717, 1.165) is 5.56 Å². The van der Waals surface area contributed by atoms with E-state index < -0.39 is 11.8 Å². The number of hydrogen-bond acceptors (Lipinski definition) is 4. The van der Waals surface area contributed by atoms with Gasteiger partial charge in [-0.15, -0.1) is 0 Å². The highest BCUT2D eigenvalue weighted by molar-refractivity contribution is 6.43. The Labute approximate surface area is 138 Å². The average Bonchev–Trinajstić information content (AvgIpc) is 2.50. The number of amides is 3. The fourth-order valence-corrected chi connectivity index (χ4v) is 1.99. The third-order valence-corrected chi connectivity index (χ3v) is 3.05. The van der Waals surface area contributed by atoms with Crippen LogP contribution in [0.15, 0.2) is 42.5 Å². The Kier molecular flexibility index (Phi) is 5.16. The number of benzene rings is 2. The van der Waals surface area contributed by atoms with Crippen LogP contribution in [0.1, 0.15) is 12.5 Å². The van der Waals surface area contributed by atoms with Gasteiger partial charge >= 0.3 is 11.8 Å². The summed E-state index contributed by atoms with van der Waals surface area (Å²) in [5.41, 5.74) is 1.83. The van der Waals surface area contributed by atoms with E-state index in [4.69, 9.17) is 0 Å². The Balaban J connectivity index is 2.05. The molecule has 0 bridgehead atoms. The van der Waals surface area contributed by atoms with Crippen LogP contribution in [-0.2, 0) is 14.4 Å². The molecule has 0 saturated heterocycles. The lowest BCUT2D eigenvalue weighted by molar-refractivity contribution is -0.133. The summed E-state index contributed by atoms with van der Waals surface area (Å²) < 4.78 is 0. The van der Waals surface area contributed by atoms with Gasteiger partial charge in [-0.25, -0.2) is 0 Å². The Morgan fingerprint density at radius 3 is 2.17 bits per heavy atom. The number of carbonyl (C=O) groups is 3. The predicted octanol–water partition coefficient (Wildman–Crippen LogP) is 2.24. The molecule has 0 saturated carbocycles. The molecule has 24 heavy (non-hydrogen) atoms. The van der Waals surface area contributed by atoms with E-state index in [2.05, 4.69) is 16.0 Å². The van der Waals surface area contributed by atoms with Crippen molar-refractivity contribution in [2.75, 3.05) is 16.0 Å². The van der Waals surface area contributed by atoms with Gasteiger partial charge in [0.1, 0.15) is 5.75 Å². The number of carbonyl (C=O) groups excluding carboxylic acids is 3. The molecule has 3 amide bonds. The molecular weight excluding hydrogens is 310 g/mol. The van der Waals surface area contributed by atoms with Crippen LogP contribution in [0.25, 0.3) is 0 Å². The second-order valence-corrected chi connectivity index (χ2v) is 5.19. The smallest absolute Gasteiger partial charge is 0.314 e. The molecule has 0 fully saturated rings. The van der Waals surface area contributed by atoms with Crippen molar-refractivity contribution in [2.24, 2.45) is 0 Å². The van der Waals surface area contributed by atoms with Crippen molar-refractivity contribution in [3.05, 3.63) is 48.0 Å². The first-order chi connectivity index (χ1) is 11.3. The van der Waals surface area contributed by atoms with Crippen LogP contribution < -0.4 is 16.0 Å². The Bertz CT molecular complexity index is 802. The molecular formula is C17H17N3O4. The summed E-state index contributed by atoms with van der Waals surface area (Å²) in [6.07, 6.45) is 0. The van der Waals surface area contributed by atoms with Crippen LogP contribution in [0.4, 0.5) is 17.1 Å². The third-order valence-electron chi connectivity index (χ3n) is 3.05. The molecule has 124 valence electrons. The second kappa shape index (κ2) is 7.28. The van der Waals surface area contributed by atoms with Gasteiger partial charge in [0.05, 0.1) is 5.69 Å². The summed E-state index contributed by atoms with van der Waals surface area (Å²) in [7, 11) is 0. The van der Waals surface area contributed by atoms with Crippen molar-refractivity contribution in [3.63, 3.8) is 0 Å². The number of anilines is 3. The molecule has 0 aliphatic rings. The van der Waals surface area contributed by atoms with Gasteiger partial charge in [-0.05, 0) is 42.8 Å². The average molecular weight is 327 g/mol. The summed E-state index contributed by atoms with van der Waals surface area (Å²) in [4.78, 5) is 34.9. The van der Waals surface area contributed by atoms with Gasteiger partial charge in [0.15, 0.2) is 0 Å². The number of rotatable bonds is 3. The summed E-state index contributed by atoms with van der Waals surface area (Å²) in [6, 6.07) is 11.1. The minimum atomic E-state index is -0.916. The van der Waals surface area contributed by atoms with Crippen LogP contribution in [0.5, 0.6) is 5.75 Å². The van der Waals surface area contributed by atoms with Gasteiger partial charge in [-0.2, -0.15) is 0 Å². The molecule has 0 aromatic heterocycles. The van der Waals surface area contributed by atoms with Crippen molar-refractivity contribution in [1.29, 1.82) is 0 Å². The Hall–Kier alpha value is -3.35. The number of hydrogen-bond donors (Lipinski definition) is 4. The molecule has 2 aromatic carbocycles. The zero-order valence-electron chi connectivity index (χ0n) is 13.2. The molecule has 0 spiro atoms. The van der Waals surface area contributed by atoms with E-state index >= 15 is 0 Å². The van der Waals surface area contributed by atoms with E-state index in [1.165, 1.54) is 19.1 Å².